The lowest BCUT2D eigenvalue weighted by Crippen LogP contribution is -2.21. The van der Waals surface area contributed by atoms with E-state index in [0.29, 0.717) is 17.8 Å². The number of aromatic nitrogens is 3. The zero-order valence-corrected chi connectivity index (χ0v) is 16.0. The lowest BCUT2D eigenvalue weighted by Gasteiger charge is -2.07. The molecular weight excluding hydrogens is 378 g/mol. The minimum atomic E-state index is -0.0887. The molecule has 3 heterocycles. The van der Waals surface area contributed by atoms with Crippen LogP contribution in [0.3, 0.4) is 0 Å². The van der Waals surface area contributed by atoms with Crippen LogP contribution in [0.4, 0.5) is 0 Å². The first-order valence-corrected chi connectivity index (χ1v) is 9.72. The number of rotatable bonds is 3. The molecule has 0 amide bonds. The van der Waals surface area contributed by atoms with E-state index >= 15 is 0 Å². The highest BCUT2D eigenvalue weighted by atomic mass is 16.7. The fraction of sp³-hybridized carbons (Fsp3) is 0.0833. The zero-order chi connectivity index (χ0) is 20.1. The van der Waals surface area contributed by atoms with Gasteiger partial charge >= 0.3 is 0 Å². The van der Waals surface area contributed by atoms with Gasteiger partial charge in [0.2, 0.25) is 6.79 Å². The van der Waals surface area contributed by atoms with Gasteiger partial charge in [-0.05, 0) is 34.5 Å². The lowest BCUT2D eigenvalue weighted by molar-refractivity contribution is 0.174. The van der Waals surface area contributed by atoms with Crippen LogP contribution in [0.25, 0.3) is 27.5 Å². The van der Waals surface area contributed by atoms with Gasteiger partial charge in [0.1, 0.15) is 5.52 Å². The second kappa shape index (κ2) is 6.49. The van der Waals surface area contributed by atoms with Crippen LogP contribution < -0.4 is 15.0 Å². The highest BCUT2D eigenvalue weighted by molar-refractivity contribution is 5.96. The third-order valence-electron chi connectivity index (χ3n) is 5.46. The van der Waals surface area contributed by atoms with Crippen LogP contribution in [0.5, 0.6) is 11.5 Å². The van der Waals surface area contributed by atoms with E-state index in [1.165, 1.54) is 0 Å². The van der Waals surface area contributed by atoms with Crippen LogP contribution in [0.2, 0.25) is 0 Å². The summed E-state index contributed by atoms with van der Waals surface area (Å²) in [5.74, 6) is 1.45. The third-order valence-corrected chi connectivity index (χ3v) is 5.46. The van der Waals surface area contributed by atoms with Crippen molar-refractivity contribution >= 4 is 16.3 Å². The van der Waals surface area contributed by atoms with E-state index < -0.39 is 0 Å². The van der Waals surface area contributed by atoms with Gasteiger partial charge in [-0.15, -0.1) is 0 Å². The largest absolute Gasteiger partial charge is 0.454 e. The summed E-state index contributed by atoms with van der Waals surface area (Å²) >= 11 is 0. The van der Waals surface area contributed by atoms with Gasteiger partial charge in [-0.25, -0.2) is 4.52 Å². The van der Waals surface area contributed by atoms with Gasteiger partial charge in [-0.2, -0.15) is 5.10 Å². The van der Waals surface area contributed by atoms with Crippen molar-refractivity contribution in [3.63, 3.8) is 0 Å². The van der Waals surface area contributed by atoms with E-state index in [0.717, 1.165) is 33.3 Å². The molecule has 0 saturated heterocycles. The molecule has 0 radical (unpaired) electrons. The molecule has 6 heteroatoms. The van der Waals surface area contributed by atoms with Gasteiger partial charge in [0.25, 0.3) is 5.56 Å². The second-order valence-corrected chi connectivity index (χ2v) is 7.30. The number of ether oxygens (including phenoxy) is 2. The monoisotopic (exact) mass is 395 g/mol. The fourth-order valence-corrected chi connectivity index (χ4v) is 3.97. The van der Waals surface area contributed by atoms with E-state index in [4.69, 9.17) is 9.47 Å². The number of benzene rings is 3. The molecule has 0 spiro atoms. The molecule has 0 fully saturated rings. The molecule has 0 atom stereocenters. The molecule has 146 valence electrons. The maximum atomic E-state index is 13.1. The first-order chi connectivity index (χ1) is 14.8. The topological polar surface area (TPSA) is 57.8 Å². The number of nitrogens with zero attached hydrogens (tertiary/aromatic N) is 3. The van der Waals surface area contributed by atoms with Crippen molar-refractivity contribution in [2.75, 3.05) is 6.79 Å². The van der Waals surface area contributed by atoms with Crippen LogP contribution in [0.1, 0.15) is 5.56 Å². The zero-order valence-electron chi connectivity index (χ0n) is 16.0. The highest BCUT2D eigenvalue weighted by Crippen LogP contribution is 2.32. The molecule has 0 saturated carbocycles. The number of fused-ring (bicyclic) bond motifs is 3. The van der Waals surface area contributed by atoms with Crippen molar-refractivity contribution in [2.24, 2.45) is 0 Å². The lowest BCUT2D eigenvalue weighted by atomic mass is 10.0. The average Bonchev–Trinajstić information content (AvgIpc) is 3.42. The summed E-state index contributed by atoms with van der Waals surface area (Å²) in [6.45, 7) is 0.679. The van der Waals surface area contributed by atoms with Crippen molar-refractivity contribution in [1.29, 1.82) is 0 Å². The molecule has 1 aliphatic heterocycles. The summed E-state index contributed by atoms with van der Waals surface area (Å²) in [5.41, 5.74) is 3.22. The summed E-state index contributed by atoms with van der Waals surface area (Å²) in [7, 11) is 0. The molecule has 5 aromatic rings. The smallest absolute Gasteiger partial charge is 0.276 e. The Morgan fingerprint density at radius 2 is 1.77 bits per heavy atom. The first kappa shape index (κ1) is 16.9. The molecule has 1 aliphatic rings. The van der Waals surface area contributed by atoms with Gasteiger partial charge in [0.05, 0.1) is 12.2 Å². The van der Waals surface area contributed by atoms with Gasteiger partial charge in [0, 0.05) is 18.0 Å². The van der Waals surface area contributed by atoms with E-state index in [9.17, 15) is 4.79 Å². The highest BCUT2D eigenvalue weighted by Gasteiger charge is 2.15. The van der Waals surface area contributed by atoms with Crippen LogP contribution in [0, 0.1) is 0 Å². The second-order valence-electron chi connectivity index (χ2n) is 7.30. The standard InChI is InChI=1S/C24H17N3O3/c28-24-21-13-20(19-7-3-5-17-4-1-2-6-18(17)19)25-27(21)11-10-26(24)14-16-8-9-22-23(12-16)30-15-29-22/h1-13H,14-15H2. The Morgan fingerprint density at radius 1 is 0.900 bits per heavy atom. The van der Waals surface area contributed by atoms with Crippen molar-refractivity contribution < 1.29 is 9.47 Å². The molecular formula is C24H17N3O3. The van der Waals surface area contributed by atoms with E-state index in [-0.39, 0.29) is 12.4 Å². The van der Waals surface area contributed by atoms with E-state index in [1.807, 2.05) is 54.7 Å². The van der Waals surface area contributed by atoms with Crippen molar-refractivity contribution in [1.82, 2.24) is 14.2 Å². The summed E-state index contributed by atoms with van der Waals surface area (Å²) in [6.07, 6.45) is 3.58. The number of hydrogen-bond donors (Lipinski definition) is 0. The van der Waals surface area contributed by atoms with Crippen LogP contribution in [-0.4, -0.2) is 21.0 Å². The van der Waals surface area contributed by atoms with Gasteiger partial charge in [-0.3, -0.25) is 4.79 Å². The normalized spacial score (nSPS) is 12.7. The molecule has 30 heavy (non-hydrogen) atoms. The number of hydrogen-bond acceptors (Lipinski definition) is 4. The Bertz CT molecular complexity index is 1480. The molecule has 3 aromatic carbocycles. The van der Waals surface area contributed by atoms with Gasteiger partial charge in [0.15, 0.2) is 11.5 Å². The molecule has 0 bridgehead atoms. The molecule has 0 unspecified atom stereocenters. The Balaban J connectivity index is 1.42. The maximum Gasteiger partial charge on any atom is 0.276 e. The van der Waals surface area contributed by atoms with Gasteiger partial charge in [-0.1, -0.05) is 48.5 Å². The fourth-order valence-electron chi connectivity index (χ4n) is 3.97. The molecule has 6 nitrogen and oxygen atoms in total. The molecule has 0 N–H and O–H groups in total. The van der Waals surface area contributed by atoms with Crippen LogP contribution >= 0.6 is 0 Å². The van der Waals surface area contributed by atoms with Crippen molar-refractivity contribution in [2.45, 2.75) is 6.54 Å². The molecule has 0 aliphatic carbocycles. The van der Waals surface area contributed by atoms with Gasteiger partial charge < -0.3 is 14.0 Å². The Kier molecular flexibility index (Phi) is 3.64. The average molecular weight is 395 g/mol. The summed E-state index contributed by atoms with van der Waals surface area (Å²) in [4.78, 5) is 13.1. The SMILES string of the molecule is O=c1c2cc(-c3cccc4ccccc34)nn2ccn1Cc1ccc2c(c1)OCO2. The summed E-state index contributed by atoms with van der Waals surface area (Å²) in [6, 6.07) is 21.9. The van der Waals surface area contributed by atoms with E-state index in [1.54, 1.807) is 15.3 Å². The Hall–Kier alpha value is -4.06. The predicted octanol–water partition coefficient (Wildman–Crippen LogP) is 4.09. The minimum Gasteiger partial charge on any atom is -0.454 e. The minimum absolute atomic E-state index is 0.0887. The predicted molar refractivity (Wildman–Crippen MR) is 114 cm³/mol. The van der Waals surface area contributed by atoms with Crippen LogP contribution in [0.15, 0.2) is 83.9 Å². The Labute approximate surface area is 171 Å². The summed E-state index contributed by atoms with van der Waals surface area (Å²) < 4.78 is 14.1. The maximum absolute atomic E-state index is 13.1. The van der Waals surface area contributed by atoms with E-state index in [2.05, 4.69) is 23.3 Å². The van der Waals surface area contributed by atoms with Crippen LogP contribution in [-0.2, 0) is 6.54 Å². The third kappa shape index (κ3) is 2.65. The Morgan fingerprint density at radius 3 is 2.73 bits per heavy atom. The summed E-state index contributed by atoms with van der Waals surface area (Å²) in [5, 5.41) is 6.92. The quantitative estimate of drug-likeness (QED) is 0.462. The molecule has 2 aromatic heterocycles. The molecule has 6 rings (SSSR count). The van der Waals surface area contributed by atoms with Crippen molar-refractivity contribution in [3.05, 3.63) is 95.0 Å². The first-order valence-electron chi connectivity index (χ1n) is 9.72. The van der Waals surface area contributed by atoms with Crippen molar-refractivity contribution in [3.8, 4) is 22.8 Å².